The Labute approximate surface area is 210 Å². The summed E-state index contributed by atoms with van der Waals surface area (Å²) in [6, 6.07) is 19.4. The molecule has 0 saturated heterocycles. The highest BCUT2D eigenvalue weighted by atomic mass is 32.2. The maximum absolute atomic E-state index is 12.7. The van der Waals surface area contributed by atoms with Crippen molar-refractivity contribution < 1.29 is 22.7 Å². The summed E-state index contributed by atoms with van der Waals surface area (Å²) in [5.74, 6) is 0.850. The van der Waals surface area contributed by atoms with Crippen molar-refractivity contribution in [3.05, 3.63) is 78.4 Å². The predicted octanol–water partition coefficient (Wildman–Crippen LogP) is 4.80. The highest BCUT2D eigenvalue weighted by molar-refractivity contribution is 7.92. The fraction of sp³-hybridized carbons (Fsp3) is 0.200. The summed E-state index contributed by atoms with van der Waals surface area (Å²) in [6.07, 6.45) is -0.0148. The van der Waals surface area contributed by atoms with Crippen LogP contribution >= 0.6 is 12.2 Å². The van der Waals surface area contributed by atoms with Crippen molar-refractivity contribution in [1.29, 1.82) is 0 Å². The molecule has 3 N–H and O–H groups in total. The third-order valence-corrected chi connectivity index (χ3v) is 6.14. The highest BCUT2D eigenvalue weighted by Gasteiger charge is 2.15. The standard InChI is InChI=1S/C25H27N3O5S2/c1-4-32-21-12-8-20(9-13-21)28-35(30,31)23-14-10-19(11-15-23)26-25(34)27-24(29)18-6-5-7-22(16-18)33-17(2)3/h5-17,28H,4H2,1-3H3,(H2,26,27,29,34). The molecule has 0 fully saturated rings. The molecule has 0 unspecified atom stereocenters. The number of hydrogen-bond donors (Lipinski definition) is 3. The quantitative estimate of drug-likeness (QED) is 0.353. The molecule has 8 nitrogen and oxygen atoms in total. The summed E-state index contributed by atoms with van der Waals surface area (Å²) in [5.41, 5.74) is 1.34. The lowest BCUT2D eigenvalue weighted by Gasteiger charge is -2.13. The van der Waals surface area contributed by atoms with E-state index in [-0.39, 0.29) is 16.1 Å². The Hall–Kier alpha value is -3.63. The van der Waals surface area contributed by atoms with Crippen molar-refractivity contribution in [3.8, 4) is 11.5 Å². The lowest BCUT2D eigenvalue weighted by atomic mass is 10.2. The van der Waals surface area contributed by atoms with E-state index >= 15 is 0 Å². The van der Waals surface area contributed by atoms with E-state index in [9.17, 15) is 13.2 Å². The van der Waals surface area contributed by atoms with Gasteiger partial charge in [0.2, 0.25) is 0 Å². The molecule has 10 heteroatoms. The lowest BCUT2D eigenvalue weighted by Crippen LogP contribution is -2.34. The first kappa shape index (κ1) is 26.0. The summed E-state index contributed by atoms with van der Waals surface area (Å²) >= 11 is 5.22. The molecule has 0 heterocycles. The van der Waals surface area contributed by atoms with Crippen LogP contribution in [0.4, 0.5) is 11.4 Å². The smallest absolute Gasteiger partial charge is 0.261 e. The number of carbonyl (C=O) groups excluding carboxylic acids is 1. The minimum absolute atomic E-state index is 0.0148. The number of hydrogen-bond acceptors (Lipinski definition) is 6. The first-order valence-electron chi connectivity index (χ1n) is 10.9. The lowest BCUT2D eigenvalue weighted by molar-refractivity contribution is 0.0977. The van der Waals surface area contributed by atoms with Crippen LogP contribution in [0.5, 0.6) is 11.5 Å². The van der Waals surface area contributed by atoms with Gasteiger partial charge in [0, 0.05) is 16.9 Å². The Morgan fingerprint density at radius 2 is 1.60 bits per heavy atom. The molecule has 3 aromatic rings. The maximum Gasteiger partial charge on any atom is 0.261 e. The Morgan fingerprint density at radius 1 is 0.943 bits per heavy atom. The number of thiocarbonyl (C=S) groups is 1. The van der Waals surface area contributed by atoms with Crippen LogP contribution < -0.4 is 24.8 Å². The van der Waals surface area contributed by atoms with Crippen molar-refractivity contribution in [1.82, 2.24) is 5.32 Å². The number of nitrogens with one attached hydrogen (secondary N) is 3. The predicted molar refractivity (Wildman–Crippen MR) is 141 cm³/mol. The van der Waals surface area contributed by atoms with Gasteiger partial charge in [-0.1, -0.05) is 6.07 Å². The Balaban J connectivity index is 1.59. The van der Waals surface area contributed by atoms with Gasteiger partial charge in [0.1, 0.15) is 11.5 Å². The van der Waals surface area contributed by atoms with Crippen LogP contribution in [0.25, 0.3) is 0 Å². The van der Waals surface area contributed by atoms with Crippen molar-refractivity contribution in [2.45, 2.75) is 31.8 Å². The van der Waals surface area contributed by atoms with Gasteiger partial charge in [0.15, 0.2) is 5.11 Å². The van der Waals surface area contributed by atoms with E-state index in [1.165, 1.54) is 12.1 Å². The van der Waals surface area contributed by atoms with Gasteiger partial charge in [-0.2, -0.15) is 0 Å². The summed E-state index contributed by atoms with van der Waals surface area (Å²) in [5, 5.41) is 5.55. The van der Waals surface area contributed by atoms with E-state index in [2.05, 4.69) is 15.4 Å². The van der Waals surface area contributed by atoms with E-state index in [4.69, 9.17) is 21.7 Å². The number of ether oxygens (including phenoxy) is 2. The van der Waals surface area contributed by atoms with E-state index < -0.39 is 15.9 Å². The fourth-order valence-electron chi connectivity index (χ4n) is 3.04. The molecule has 0 aliphatic carbocycles. The molecule has 3 rings (SSSR count). The number of anilines is 2. The van der Waals surface area contributed by atoms with Gasteiger partial charge in [0.05, 0.1) is 17.6 Å². The first-order valence-corrected chi connectivity index (χ1v) is 12.8. The van der Waals surface area contributed by atoms with Crippen LogP contribution in [-0.2, 0) is 10.0 Å². The first-order chi connectivity index (χ1) is 16.7. The Kier molecular flexibility index (Phi) is 8.67. The minimum Gasteiger partial charge on any atom is -0.494 e. The fourth-order valence-corrected chi connectivity index (χ4v) is 4.31. The molecule has 0 bridgehead atoms. The summed E-state index contributed by atoms with van der Waals surface area (Å²) in [6.45, 7) is 6.20. The molecule has 0 aliphatic rings. The van der Waals surface area contributed by atoms with Gasteiger partial charge in [-0.05, 0) is 99.7 Å². The second-order valence-corrected chi connectivity index (χ2v) is 9.78. The van der Waals surface area contributed by atoms with Gasteiger partial charge in [0.25, 0.3) is 15.9 Å². The summed E-state index contributed by atoms with van der Waals surface area (Å²) < 4.78 is 38.9. The van der Waals surface area contributed by atoms with Crippen molar-refractivity contribution in [2.75, 3.05) is 16.6 Å². The normalized spacial score (nSPS) is 11.0. The molecule has 0 radical (unpaired) electrons. The molecule has 0 spiro atoms. The second-order valence-electron chi connectivity index (χ2n) is 7.69. The van der Waals surface area contributed by atoms with Crippen molar-refractivity contribution in [2.24, 2.45) is 0 Å². The third kappa shape index (κ3) is 7.69. The molecule has 1 amide bonds. The van der Waals surface area contributed by atoms with Gasteiger partial charge >= 0.3 is 0 Å². The number of benzene rings is 3. The summed E-state index contributed by atoms with van der Waals surface area (Å²) in [7, 11) is -3.78. The monoisotopic (exact) mass is 513 g/mol. The van der Waals surface area contributed by atoms with Crippen LogP contribution in [0.3, 0.4) is 0 Å². The zero-order chi connectivity index (χ0) is 25.4. The topological polar surface area (TPSA) is 106 Å². The van der Waals surface area contributed by atoms with Crippen LogP contribution in [0.2, 0.25) is 0 Å². The van der Waals surface area contributed by atoms with E-state index in [0.717, 1.165) is 0 Å². The molecular weight excluding hydrogens is 486 g/mol. The molecular formula is C25H27N3O5S2. The SMILES string of the molecule is CCOc1ccc(NS(=O)(=O)c2ccc(NC(=S)NC(=O)c3cccc(OC(C)C)c3)cc2)cc1. The zero-order valence-corrected chi connectivity index (χ0v) is 21.2. The van der Waals surface area contributed by atoms with Gasteiger partial charge in [-0.15, -0.1) is 0 Å². The van der Waals surface area contributed by atoms with Crippen molar-refractivity contribution >= 4 is 44.6 Å². The molecule has 0 aliphatic heterocycles. The van der Waals surface area contributed by atoms with E-state index in [1.807, 2.05) is 20.8 Å². The van der Waals surface area contributed by atoms with Crippen LogP contribution in [-0.4, -0.2) is 32.1 Å². The minimum atomic E-state index is -3.78. The van der Waals surface area contributed by atoms with Crippen molar-refractivity contribution in [3.63, 3.8) is 0 Å². The number of amides is 1. The largest absolute Gasteiger partial charge is 0.494 e. The van der Waals surface area contributed by atoms with Gasteiger partial charge < -0.3 is 14.8 Å². The third-order valence-electron chi connectivity index (χ3n) is 4.54. The average Bonchev–Trinajstić information content (AvgIpc) is 2.80. The van der Waals surface area contributed by atoms with Gasteiger partial charge in [-0.25, -0.2) is 8.42 Å². The molecule has 184 valence electrons. The number of carbonyl (C=O) groups is 1. The maximum atomic E-state index is 12.7. The Bertz CT molecular complexity index is 1280. The van der Waals surface area contributed by atoms with E-state index in [1.54, 1.807) is 60.7 Å². The highest BCUT2D eigenvalue weighted by Crippen LogP contribution is 2.21. The summed E-state index contributed by atoms with van der Waals surface area (Å²) in [4.78, 5) is 12.6. The van der Waals surface area contributed by atoms with Crippen LogP contribution in [0.1, 0.15) is 31.1 Å². The van der Waals surface area contributed by atoms with Crippen LogP contribution in [0, 0.1) is 0 Å². The molecule has 0 saturated carbocycles. The molecule has 35 heavy (non-hydrogen) atoms. The second kappa shape index (κ2) is 11.7. The molecule has 0 aromatic heterocycles. The van der Waals surface area contributed by atoms with Crippen LogP contribution in [0.15, 0.2) is 77.7 Å². The zero-order valence-electron chi connectivity index (χ0n) is 19.6. The Morgan fingerprint density at radius 3 is 2.23 bits per heavy atom. The number of rotatable bonds is 9. The van der Waals surface area contributed by atoms with E-state index in [0.29, 0.717) is 35.0 Å². The number of sulfonamides is 1. The average molecular weight is 514 g/mol. The molecule has 3 aromatic carbocycles. The van der Waals surface area contributed by atoms with Gasteiger partial charge in [-0.3, -0.25) is 14.8 Å². The molecule has 0 atom stereocenters.